The van der Waals surface area contributed by atoms with Crippen LogP contribution in [-0.4, -0.2) is 59.9 Å². The zero-order chi connectivity index (χ0) is 15.6. The van der Waals surface area contributed by atoms with Crippen LogP contribution in [0.4, 0.5) is 0 Å². The topological polar surface area (TPSA) is 52.7 Å². The predicted octanol–water partition coefficient (Wildman–Crippen LogP) is 1.09. The lowest BCUT2D eigenvalue weighted by atomic mass is 9.93. The number of nitrogens with zero attached hydrogens (tertiary/aromatic N) is 2. The molecule has 2 aliphatic heterocycles. The lowest BCUT2D eigenvalue weighted by Gasteiger charge is -2.40. The standard InChI is InChI=1S/C16H29N3O2/c1-5-11(3)14-16(21)19(12(4)15(20)17-14)10-13-7-8-18(6-2)9-13/h11-14H,5-10H2,1-4H3,(H,17,20). The van der Waals surface area contributed by atoms with Gasteiger partial charge in [-0.05, 0) is 38.3 Å². The van der Waals surface area contributed by atoms with Gasteiger partial charge in [-0.1, -0.05) is 27.2 Å². The fourth-order valence-electron chi connectivity index (χ4n) is 3.34. The minimum Gasteiger partial charge on any atom is -0.342 e. The van der Waals surface area contributed by atoms with Crippen molar-refractivity contribution >= 4 is 11.8 Å². The van der Waals surface area contributed by atoms with Gasteiger partial charge >= 0.3 is 0 Å². The molecular formula is C16H29N3O2. The van der Waals surface area contributed by atoms with Gasteiger partial charge in [0.15, 0.2) is 0 Å². The van der Waals surface area contributed by atoms with Gasteiger partial charge in [0.2, 0.25) is 11.8 Å². The van der Waals surface area contributed by atoms with E-state index in [9.17, 15) is 9.59 Å². The highest BCUT2D eigenvalue weighted by Crippen LogP contribution is 2.22. The van der Waals surface area contributed by atoms with Crippen molar-refractivity contribution in [3.63, 3.8) is 0 Å². The number of hydrogen-bond acceptors (Lipinski definition) is 3. The number of hydrogen-bond donors (Lipinski definition) is 1. The molecule has 4 atom stereocenters. The molecule has 0 radical (unpaired) electrons. The Morgan fingerprint density at radius 3 is 2.62 bits per heavy atom. The van der Waals surface area contributed by atoms with E-state index in [1.165, 1.54) is 0 Å². The molecule has 4 unspecified atom stereocenters. The zero-order valence-electron chi connectivity index (χ0n) is 13.8. The molecule has 0 aliphatic carbocycles. The monoisotopic (exact) mass is 295 g/mol. The Kier molecular flexibility index (Phi) is 5.25. The number of nitrogens with one attached hydrogen (secondary N) is 1. The molecule has 2 saturated heterocycles. The van der Waals surface area contributed by atoms with Crippen molar-refractivity contribution in [2.24, 2.45) is 11.8 Å². The molecular weight excluding hydrogens is 266 g/mol. The molecule has 5 heteroatoms. The summed E-state index contributed by atoms with van der Waals surface area (Å²) in [6.07, 6.45) is 2.02. The van der Waals surface area contributed by atoms with E-state index in [0.717, 1.165) is 39.0 Å². The average Bonchev–Trinajstić information content (AvgIpc) is 2.94. The largest absolute Gasteiger partial charge is 0.342 e. The summed E-state index contributed by atoms with van der Waals surface area (Å²) in [5.41, 5.74) is 0. The van der Waals surface area contributed by atoms with Crippen LogP contribution in [0, 0.1) is 11.8 Å². The van der Waals surface area contributed by atoms with Crippen LogP contribution in [0.15, 0.2) is 0 Å². The fourth-order valence-corrected chi connectivity index (χ4v) is 3.34. The highest BCUT2D eigenvalue weighted by molar-refractivity contribution is 5.96. The number of likely N-dealkylation sites (tertiary alicyclic amines) is 1. The molecule has 0 saturated carbocycles. The fraction of sp³-hybridized carbons (Fsp3) is 0.875. The summed E-state index contributed by atoms with van der Waals surface area (Å²) in [7, 11) is 0. The Morgan fingerprint density at radius 1 is 1.33 bits per heavy atom. The van der Waals surface area contributed by atoms with Crippen molar-refractivity contribution in [2.45, 2.75) is 52.6 Å². The van der Waals surface area contributed by atoms with Crippen molar-refractivity contribution in [1.82, 2.24) is 15.1 Å². The van der Waals surface area contributed by atoms with Crippen LogP contribution in [-0.2, 0) is 9.59 Å². The molecule has 2 rings (SSSR count). The second-order valence-corrected chi connectivity index (χ2v) is 6.59. The lowest BCUT2D eigenvalue weighted by Crippen LogP contribution is -2.64. The van der Waals surface area contributed by atoms with Gasteiger partial charge in [0, 0.05) is 13.1 Å². The molecule has 0 aromatic heterocycles. The smallest absolute Gasteiger partial charge is 0.246 e. The van der Waals surface area contributed by atoms with Crippen LogP contribution in [0.5, 0.6) is 0 Å². The second kappa shape index (κ2) is 6.77. The number of carbonyl (C=O) groups excluding carboxylic acids is 2. The maximum absolute atomic E-state index is 12.7. The van der Waals surface area contributed by atoms with Gasteiger partial charge in [-0.25, -0.2) is 0 Å². The third-order valence-electron chi connectivity index (χ3n) is 5.18. The Bertz CT molecular complexity index is 399. The van der Waals surface area contributed by atoms with Gasteiger partial charge in [0.05, 0.1) is 0 Å². The number of rotatable bonds is 5. The summed E-state index contributed by atoms with van der Waals surface area (Å²) < 4.78 is 0. The molecule has 120 valence electrons. The van der Waals surface area contributed by atoms with E-state index in [1.54, 1.807) is 0 Å². The van der Waals surface area contributed by atoms with Gasteiger partial charge in [-0.3, -0.25) is 9.59 Å². The van der Waals surface area contributed by atoms with E-state index in [0.29, 0.717) is 5.92 Å². The van der Waals surface area contributed by atoms with E-state index in [2.05, 4.69) is 24.1 Å². The number of carbonyl (C=O) groups is 2. The molecule has 0 aromatic carbocycles. The molecule has 0 bridgehead atoms. The van der Waals surface area contributed by atoms with Gasteiger partial charge in [-0.15, -0.1) is 0 Å². The first-order valence-electron chi connectivity index (χ1n) is 8.31. The second-order valence-electron chi connectivity index (χ2n) is 6.59. The van der Waals surface area contributed by atoms with E-state index < -0.39 is 0 Å². The SMILES string of the molecule is CCC(C)C1NC(=O)C(C)N(CC2CCN(CC)C2)C1=O. The summed E-state index contributed by atoms with van der Waals surface area (Å²) in [5.74, 6) is 0.781. The van der Waals surface area contributed by atoms with Crippen molar-refractivity contribution in [1.29, 1.82) is 0 Å². The Hall–Kier alpha value is -1.10. The van der Waals surface area contributed by atoms with E-state index in [-0.39, 0.29) is 29.8 Å². The lowest BCUT2D eigenvalue weighted by molar-refractivity contribution is -0.150. The molecule has 0 spiro atoms. The Balaban J connectivity index is 2.05. The normalized spacial score (nSPS) is 32.4. The van der Waals surface area contributed by atoms with Gasteiger partial charge < -0.3 is 15.1 Å². The predicted molar refractivity (Wildman–Crippen MR) is 82.8 cm³/mol. The molecule has 2 heterocycles. The molecule has 2 aliphatic rings. The summed E-state index contributed by atoms with van der Waals surface area (Å²) in [4.78, 5) is 29.1. The summed E-state index contributed by atoms with van der Waals surface area (Å²) in [5, 5.41) is 2.90. The molecule has 2 fully saturated rings. The average molecular weight is 295 g/mol. The molecule has 0 aromatic rings. The number of amides is 2. The Morgan fingerprint density at radius 2 is 2.05 bits per heavy atom. The van der Waals surface area contributed by atoms with E-state index >= 15 is 0 Å². The van der Waals surface area contributed by atoms with Crippen LogP contribution in [0.25, 0.3) is 0 Å². The number of piperazine rings is 1. The molecule has 21 heavy (non-hydrogen) atoms. The maximum Gasteiger partial charge on any atom is 0.246 e. The minimum atomic E-state index is -0.345. The van der Waals surface area contributed by atoms with E-state index in [1.807, 2.05) is 18.7 Å². The zero-order valence-corrected chi connectivity index (χ0v) is 13.8. The van der Waals surface area contributed by atoms with Gasteiger partial charge in [0.1, 0.15) is 12.1 Å². The van der Waals surface area contributed by atoms with Crippen molar-refractivity contribution < 1.29 is 9.59 Å². The van der Waals surface area contributed by atoms with Crippen LogP contribution >= 0.6 is 0 Å². The Labute approximate surface area is 128 Å². The van der Waals surface area contributed by atoms with E-state index in [4.69, 9.17) is 0 Å². The first-order valence-corrected chi connectivity index (χ1v) is 8.31. The first kappa shape index (κ1) is 16.3. The first-order chi connectivity index (χ1) is 9.97. The third kappa shape index (κ3) is 3.39. The van der Waals surface area contributed by atoms with Crippen LogP contribution in [0.2, 0.25) is 0 Å². The van der Waals surface area contributed by atoms with Crippen molar-refractivity contribution in [3.05, 3.63) is 0 Å². The van der Waals surface area contributed by atoms with Crippen LogP contribution in [0.3, 0.4) is 0 Å². The summed E-state index contributed by atoms with van der Waals surface area (Å²) in [6, 6.07) is -0.684. The van der Waals surface area contributed by atoms with Gasteiger partial charge in [-0.2, -0.15) is 0 Å². The summed E-state index contributed by atoms with van der Waals surface area (Å²) in [6.45, 7) is 12.0. The maximum atomic E-state index is 12.7. The highest BCUT2D eigenvalue weighted by atomic mass is 16.2. The van der Waals surface area contributed by atoms with Crippen molar-refractivity contribution in [2.75, 3.05) is 26.2 Å². The third-order valence-corrected chi connectivity index (χ3v) is 5.18. The minimum absolute atomic E-state index is 0.00903. The van der Waals surface area contributed by atoms with Gasteiger partial charge in [0.25, 0.3) is 0 Å². The molecule has 1 N–H and O–H groups in total. The van der Waals surface area contributed by atoms with Crippen LogP contribution in [0.1, 0.15) is 40.5 Å². The molecule has 2 amide bonds. The summed E-state index contributed by atoms with van der Waals surface area (Å²) >= 11 is 0. The van der Waals surface area contributed by atoms with Crippen LogP contribution < -0.4 is 5.32 Å². The highest BCUT2D eigenvalue weighted by Gasteiger charge is 2.41. The molecule has 5 nitrogen and oxygen atoms in total. The quantitative estimate of drug-likeness (QED) is 0.826. The van der Waals surface area contributed by atoms with Crippen molar-refractivity contribution in [3.8, 4) is 0 Å².